The molecule has 5 rings (SSSR count). The van der Waals surface area contributed by atoms with Crippen molar-refractivity contribution in [2.24, 2.45) is 0 Å². The van der Waals surface area contributed by atoms with Gasteiger partial charge in [-0.05, 0) is 60.7 Å². The van der Waals surface area contributed by atoms with E-state index in [-0.39, 0.29) is 17.9 Å². The average Bonchev–Trinajstić information content (AvgIpc) is 3.46. The summed E-state index contributed by atoms with van der Waals surface area (Å²) in [6.07, 6.45) is 4.83. The Balaban J connectivity index is 1.25. The van der Waals surface area contributed by atoms with E-state index in [9.17, 15) is 9.59 Å². The van der Waals surface area contributed by atoms with Crippen LogP contribution in [0.1, 0.15) is 52.5 Å². The number of hydrogen-bond acceptors (Lipinski definition) is 5. The molecule has 1 fully saturated rings. The third-order valence-electron chi connectivity index (χ3n) is 7.70. The van der Waals surface area contributed by atoms with Crippen LogP contribution in [0.5, 0.6) is 0 Å². The van der Waals surface area contributed by atoms with Gasteiger partial charge < -0.3 is 19.5 Å². The van der Waals surface area contributed by atoms with Crippen molar-refractivity contribution < 1.29 is 14.0 Å². The van der Waals surface area contributed by atoms with E-state index in [0.29, 0.717) is 19.0 Å². The SMILES string of the molecule is CN(C)c1cccc(C(=O)N2CCC(N3CCc4ccccc4C3CC(=O)NCc3ccco3)CC2)c1. The molecule has 1 unspecified atom stereocenters. The van der Waals surface area contributed by atoms with E-state index in [2.05, 4.69) is 34.5 Å². The highest BCUT2D eigenvalue weighted by Gasteiger charge is 2.36. The molecule has 2 aromatic carbocycles. The number of furan rings is 1. The van der Waals surface area contributed by atoms with Crippen LogP contribution in [0.2, 0.25) is 0 Å². The summed E-state index contributed by atoms with van der Waals surface area (Å²) in [5.41, 5.74) is 4.35. The number of anilines is 1. The van der Waals surface area contributed by atoms with Crippen LogP contribution in [0.15, 0.2) is 71.3 Å². The number of amides is 2. The largest absolute Gasteiger partial charge is 0.467 e. The van der Waals surface area contributed by atoms with E-state index in [1.165, 1.54) is 11.1 Å². The minimum atomic E-state index is 0.0245. The third-order valence-corrected chi connectivity index (χ3v) is 7.70. The monoisotopic (exact) mass is 500 g/mol. The summed E-state index contributed by atoms with van der Waals surface area (Å²) in [4.78, 5) is 32.7. The normalized spacial score (nSPS) is 18.3. The molecular weight excluding hydrogens is 464 g/mol. The fourth-order valence-corrected chi connectivity index (χ4v) is 5.68. The first-order chi connectivity index (χ1) is 18.0. The number of fused-ring (bicyclic) bond motifs is 1. The second kappa shape index (κ2) is 11.2. The van der Waals surface area contributed by atoms with Crippen LogP contribution in [-0.4, -0.2) is 61.4 Å². The number of benzene rings is 2. The lowest BCUT2D eigenvalue weighted by Crippen LogP contribution is -2.50. The molecule has 1 saturated heterocycles. The number of carbonyl (C=O) groups is 2. The van der Waals surface area contributed by atoms with Gasteiger partial charge in [0.1, 0.15) is 5.76 Å². The summed E-state index contributed by atoms with van der Waals surface area (Å²) < 4.78 is 5.37. The first kappa shape index (κ1) is 25.1. The maximum absolute atomic E-state index is 13.2. The predicted molar refractivity (Wildman–Crippen MR) is 144 cm³/mol. The van der Waals surface area contributed by atoms with Gasteiger partial charge in [0.2, 0.25) is 5.91 Å². The van der Waals surface area contributed by atoms with Crippen LogP contribution in [0.3, 0.4) is 0 Å². The van der Waals surface area contributed by atoms with Crippen molar-refractivity contribution >= 4 is 17.5 Å². The van der Waals surface area contributed by atoms with Gasteiger partial charge in [-0.25, -0.2) is 0 Å². The number of hydrogen-bond donors (Lipinski definition) is 1. The molecule has 0 spiro atoms. The number of nitrogens with zero attached hydrogens (tertiary/aromatic N) is 3. The Morgan fingerprint density at radius 2 is 1.81 bits per heavy atom. The minimum Gasteiger partial charge on any atom is -0.467 e. The van der Waals surface area contributed by atoms with Crippen molar-refractivity contribution in [2.45, 2.75) is 44.3 Å². The molecule has 0 aliphatic carbocycles. The Labute approximate surface area is 219 Å². The summed E-state index contributed by atoms with van der Waals surface area (Å²) in [5, 5.41) is 3.02. The zero-order valence-electron chi connectivity index (χ0n) is 21.7. The zero-order chi connectivity index (χ0) is 25.8. The van der Waals surface area contributed by atoms with Crippen molar-refractivity contribution in [2.75, 3.05) is 38.6 Å². The first-order valence-electron chi connectivity index (χ1n) is 13.2. The molecule has 1 atom stereocenters. The van der Waals surface area contributed by atoms with Crippen LogP contribution in [0.4, 0.5) is 5.69 Å². The molecule has 194 valence electrons. The van der Waals surface area contributed by atoms with Gasteiger partial charge in [-0.3, -0.25) is 14.5 Å². The molecule has 2 aliphatic rings. The minimum absolute atomic E-state index is 0.0245. The zero-order valence-corrected chi connectivity index (χ0v) is 21.7. The van der Waals surface area contributed by atoms with Gasteiger partial charge in [-0.1, -0.05) is 30.3 Å². The van der Waals surface area contributed by atoms with E-state index in [0.717, 1.165) is 55.9 Å². The smallest absolute Gasteiger partial charge is 0.253 e. The lowest BCUT2D eigenvalue weighted by atomic mass is 9.87. The molecular formula is C30H36N4O3. The summed E-state index contributed by atoms with van der Waals surface area (Å²) in [6, 6.07) is 20.4. The molecule has 3 heterocycles. The fraction of sp³-hybridized carbons (Fsp3) is 0.400. The molecule has 0 bridgehead atoms. The van der Waals surface area contributed by atoms with Crippen LogP contribution in [-0.2, 0) is 17.8 Å². The summed E-state index contributed by atoms with van der Waals surface area (Å²) in [7, 11) is 3.97. The molecule has 1 aromatic heterocycles. The van der Waals surface area contributed by atoms with E-state index in [4.69, 9.17) is 4.42 Å². The lowest BCUT2D eigenvalue weighted by molar-refractivity contribution is -0.123. The van der Waals surface area contributed by atoms with Gasteiger partial charge in [0.25, 0.3) is 5.91 Å². The molecule has 2 aliphatic heterocycles. The molecule has 2 amide bonds. The Morgan fingerprint density at radius 1 is 1.00 bits per heavy atom. The van der Waals surface area contributed by atoms with Crippen molar-refractivity contribution in [1.29, 1.82) is 0 Å². The van der Waals surface area contributed by atoms with Crippen molar-refractivity contribution in [3.05, 3.63) is 89.4 Å². The summed E-state index contributed by atoms with van der Waals surface area (Å²) >= 11 is 0. The van der Waals surface area contributed by atoms with Crippen molar-refractivity contribution in [3.8, 4) is 0 Å². The second-order valence-electron chi connectivity index (χ2n) is 10.2. The molecule has 7 heteroatoms. The van der Waals surface area contributed by atoms with Gasteiger partial charge >= 0.3 is 0 Å². The summed E-state index contributed by atoms with van der Waals surface area (Å²) in [5.74, 6) is 0.874. The van der Waals surface area contributed by atoms with Crippen LogP contribution in [0.25, 0.3) is 0 Å². The van der Waals surface area contributed by atoms with Crippen LogP contribution >= 0.6 is 0 Å². The van der Waals surface area contributed by atoms with Gasteiger partial charge in [-0.2, -0.15) is 0 Å². The Morgan fingerprint density at radius 3 is 2.57 bits per heavy atom. The Kier molecular flexibility index (Phi) is 7.60. The van der Waals surface area contributed by atoms with Crippen LogP contribution < -0.4 is 10.2 Å². The second-order valence-corrected chi connectivity index (χ2v) is 10.2. The maximum atomic E-state index is 13.2. The highest BCUT2D eigenvalue weighted by Crippen LogP contribution is 2.36. The van der Waals surface area contributed by atoms with Crippen molar-refractivity contribution in [3.63, 3.8) is 0 Å². The van der Waals surface area contributed by atoms with Gasteiger partial charge in [0.05, 0.1) is 12.8 Å². The van der Waals surface area contributed by atoms with Gasteiger partial charge in [0, 0.05) is 63.5 Å². The number of nitrogens with one attached hydrogen (secondary N) is 1. The molecule has 7 nitrogen and oxygen atoms in total. The van der Waals surface area contributed by atoms with E-state index >= 15 is 0 Å². The van der Waals surface area contributed by atoms with E-state index < -0.39 is 0 Å². The van der Waals surface area contributed by atoms with Gasteiger partial charge in [-0.15, -0.1) is 0 Å². The topological polar surface area (TPSA) is 69.0 Å². The maximum Gasteiger partial charge on any atom is 0.253 e. The van der Waals surface area contributed by atoms with E-state index in [1.807, 2.05) is 60.3 Å². The quantitative estimate of drug-likeness (QED) is 0.525. The highest BCUT2D eigenvalue weighted by molar-refractivity contribution is 5.95. The van der Waals surface area contributed by atoms with Crippen molar-refractivity contribution in [1.82, 2.24) is 15.1 Å². The van der Waals surface area contributed by atoms with Gasteiger partial charge in [0.15, 0.2) is 0 Å². The number of likely N-dealkylation sites (tertiary alicyclic amines) is 1. The molecule has 0 saturated carbocycles. The third kappa shape index (κ3) is 5.72. The molecule has 1 N–H and O–H groups in total. The number of rotatable bonds is 7. The highest BCUT2D eigenvalue weighted by atomic mass is 16.3. The molecule has 37 heavy (non-hydrogen) atoms. The fourth-order valence-electron chi connectivity index (χ4n) is 5.68. The standard InChI is InChI=1S/C30H36N4O3/c1-32(2)25-9-5-8-23(19-25)30(36)33-15-13-24(14-16-33)34-17-12-22-7-3-4-11-27(22)28(34)20-29(35)31-21-26-10-6-18-37-26/h3-11,18-19,24,28H,12-17,20-21H2,1-2H3,(H,31,35). The van der Waals surface area contributed by atoms with E-state index in [1.54, 1.807) is 6.26 Å². The Hall–Kier alpha value is -3.58. The number of carbonyl (C=O) groups excluding carboxylic acids is 2. The molecule has 3 aromatic rings. The number of piperidine rings is 1. The molecule has 0 radical (unpaired) electrons. The van der Waals surface area contributed by atoms with Crippen LogP contribution in [0, 0.1) is 0 Å². The predicted octanol–water partition coefficient (Wildman–Crippen LogP) is 4.26. The summed E-state index contributed by atoms with van der Waals surface area (Å²) in [6.45, 7) is 2.78. The first-order valence-corrected chi connectivity index (χ1v) is 13.2. The Bertz CT molecular complexity index is 1220. The average molecular weight is 501 g/mol. The lowest BCUT2D eigenvalue weighted by Gasteiger charge is -2.45.